The highest BCUT2D eigenvalue weighted by molar-refractivity contribution is 7.99. The molecule has 0 spiro atoms. The molecular formula is C9H7FN4O2S. The molecule has 2 aromatic rings. The van der Waals surface area contributed by atoms with Crippen molar-refractivity contribution in [3.05, 3.63) is 29.8 Å². The number of benzene rings is 1. The second-order valence-corrected chi connectivity index (χ2v) is 4.10. The van der Waals surface area contributed by atoms with E-state index in [0.29, 0.717) is 10.1 Å². The van der Waals surface area contributed by atoms with Crippen LogP contribution in [0.3, 0.4) is 0 Å². The number of hydrogen-bond acceptors (Lipinski definition) is 5. The van der Waals surface area contributed by atoms with Crippen LogP contribution < -0.4 is 5.73 Å². The molecular weight excluding hydrogens is 247 g/mol. The molecule has 17 heavy (non-hydrogen) atoms. The molecule has 88 valence electrons. The minimum Gasteiger partial charge on any atom is -0.478 e. The van der Waals surface area contributed by atoms with Gasteiger partial charge in [-0.25, -0.2) is 14.2 Å². The van der Waals surface area contributed by atoms with Crippen molar-refractivity contribution < 1.29 is 14.3 Å². The maximum Gasteiger partial charge on any atom is 0.338 e. The van der Waals surface area contributed by atoms with E-state index in [1.54, 1.807) is 0 Å². The highest BCUT2D eigenvalue weighted by Crippen LogP contribution is 2.31. The third kappa shape index (κ3) is 2.36. The van der Waals surface area contributed by atoms with Crippen molar-refractivity contribution in [3.63, 3.8) is 0 Å². The Labute approximate surface area is 99.1 Å². The zero-order chi connectivity index (χ0) is 12.4. The molecule has 0 atom stereocenters. The van der Waals surface area contributed by atoms with E-state index < -0.39 is 17.3 Å². The van der Waals surface area contributed by atoms with Crippen molar-refractivity contribution in [1.29, 1.82) is 0 Å². The Morgan fingerprint density at radius 2 is 2.29 bits per heavy atom. The largest absolute Gasteiger partial charge is 0.478 e. The van der Waals surface area contributed by atoms with Crippen molar-refractivity contribution in [2.45, 2.75) is 10.1 Å². The molecule has 4 N–H and O–H groups in total. The fourth-order valence-corrected chi connectivity index (χ4v) is 1.92. The van der Waals surface area contributed by atoms with Gasteiger partial charge in [-0.15, -0.1) is 0 Å². The molecule has 0 unspecified atom stereocenters. The zero-order valence-electron chi connectivity index (χ0n) is 8.35. The van der Waals surface area contributed by atoms with Crippen molar-refractivity contribution >= 4 is 23.4 Å². The Morgan fingerprint density at radius 1 is 1.53 bits per heavy atom. The van der Waals surface area contributed by atoms with E-state index in [9.17, 15) is 9.18 Å². The van der Waals surface area contributed by atoms with Crippen molar-refractivity contribution in [2.24, 2.45) is 0 Å². The average molecular weight is 254 g/mol. The van der Waals surface area contributed by atoms with Crippen molar-refractivity contribution in [1.82, 2.24) is 15.2 Å². The van der Waals surface area contributed by atoms with E-state index in [-0.39, 0.29) is 5.69 Å². The number of carboxylic acids is 1. The first-order valence-electron chi connectivity index (χ1n) is 4.43. The number of aromatic nitrogens is 3. The van der Waals surface area contributed by atoms with Crippen LogP contribution >= 0.6 is 11.8 Å². The van der Waals surface area contributed by atoms with Crippen LogP contribution in [0.1, 0.15) is 10.4 Å². The first-order chi connectivity index (χ1) is 8.08. The number of hydrogen-bond donors (Lipinski definition) is 3. The maximum absolute atomic E-state index is 13.4. The quantitative estimate of drug-likeness (QED) is 0.714. The van der Waals surface area contributed by atoms with Gasteiger partial charge in [0.1, 0.15) is 12.1 Å². The zero-order valence-corrected chi connectivity index (χ0v) is 9.16. The Bertz CT molecular complexity index is 558. The van der Waals surface area contributed by atoms with Crippen LogP contribution in [0.25, 0.3) is 0 Å². The number of aromatic carboxylic acids is 1. The first kappa shape index (κ1) is 11.4. The first-order valence-corrected chi connectivity index (χ1v) is 5.25. The summed E-state index contributed by atoms with van der Waals surface area (Å²) in [4.78, 5) is 14.9. The third-order valence-corrected chi connectivity index (χ3v) is 2.89. The lowest BCUT2D eigenvalue weighted by molar-refractivity contribution is 0.0692. The summed E-state index contributed by atoms with van der Waals surface area (Å²) in [5.74, 6) is -2.20. The van der Waals surface area contributed by atoms with Crippen LogP contribution in [-0.2, 0) is 0 Å². The van der Waals surface area contributed by atoms with Gasteiger partial charge >= 0.3 is 5.97 Å². The summed E-state index contributed by atoms with van der Waals surface area (Å²) in [6, 6.07) is 2.14. The number of carboxylic acid groups (broad SMARTS) is 1. The summed E-state index contributed by atoms with van der Waals surface area (Å²) < 4.78 is 13.4. The monoisotopic (exact) mass is 254 g/mol. The van der Waals surface area contributed by atoms with Crippen LogP contribution in [0.4, 0.5) is 10.1 Å². The van der Waals surface area contributed by atoms with E-state index in [4.69, 9.17) is 10.8 Å². The molecule has 0 saturated heterocycles. The number of aromatic amines is 1. The second kappa shape index (κ2) is 4.42. The molecule has 0 aliphatic heterocycles. The van der Waals surface area contributed by atoms with Gasteiger partial charge in [-0.2, -0.15) is 5.10 Å². The molecule has 1 heterocycles. The number of nitrogens with two attached hydrogens (primary N) is 1. The number of anilines is 1. The summed E-state index contributed by atoms with van der Waals surface area (Å²) in [6.45, 7) is 0. The molecule has 1 aromatic carbocycles. The lowest BCUT2D eigenvalue weighted by Gasteiger charge is -2.05. The molecule has 0 fully saturated rings. The fraction of sp³-hybridized carbons (Fsp3) is 0. The Morgan fingerprint density at radius 3 is 2.88 bits per heavy atom. The number of nitrogen functional groups attached to an aromatic ring is 1. The van der Waals surface area contributed by atoms with Crippen LogP contribution in [0.2, 0.25) is 0 Å². The molecule has 8 heteroatoms. The SMILES string of the molecule is Nc1cc(C(=O)O)c(F)cc1Sc1ncn[nH]1. The summed E-state index contributed by atoms with van der Waals surface area (Å²) in [5, 5.41) is 15.4. The number of H-pyrrole nitrogens is 1. The van der Waals surface area contributed by atoms with Crippen LogP contribution in [0.5, 0.6) is 0 Å². The van der Waals surface area contributed by atoms with E-state index >= 15 is 0 Å². The second-order valence-electron chi connectivity index (χ2n) is 3.07. The lowest BCUT2D eigenvalue weighted by atomic mass is 10.2. The standard InChI is InChI=1S/C9H7FN4O2S/c10-5-2-7(17-9-12-3-13-14-9)6(11)1-4(5)8(15)16/h1-3H,11H2,(H,15,16)(H,12,13,14). The number of nitrogens with zero attached hydrogens (tertiary/aromatic N) is 2. The minimum absolute atomic E-state index is 0.171. The summed E-state index contributed by atoms with van der Waals surface area (Å²) >= 11 is 1.07. The maximum atomic E-state index is 13.4. The molecule has 0 amide bonds. The van der Waals surface area contributed by atoms with Gasteiger partial charge in [-0.05, 0) is 23.9 Å². The van der Waals surface area contributed by atoms with Gasteiger partial charge in [-0.1, -0.05) is 0 Å². The smallest absolute Gasteiger partial charge is 0.338 e. The van der Waals surface area contributed by atoms with Gasteiger partial charge in [0, 0.05) is 10.6 Å². The van der Waals surface area contributed by atoms with Gasteiger partial charge in [0.2, 0.25) is 0 Å². The molecule has 2 rings (SSSR count). The van der Waals surface area contributed by atoms with E-state index in [2.05, 4.69) is 15.2 Å². The molecule has 0 radical (unpaired) electrons. The third-order valence-electron chi connectivity index (χ3n) is 1.93. The normalized spacial score (nSPS) is 10.4. The van der Waals surface area contributed by atoms with Gasteiger partial charge in [0.05, 0.1) is 5.56 Å². The molecule has 0 aliphatic carbocycles. The summed E-state index contributed by atoms with van der Waals surface area (Å²) in [7, 11) is 0. The van der Waals surface area contributed by atoms with E-state index in [1.165, 1.54) is 6.33 Å². The van der Waals surface area contributed by atoms with Crippen LogP contribution in [0.15, 0.2) is 28.5 Å². The topological polar surface area (TPSA) is 105 Å². The fourth-order valence-electron chi connectivity index (χ4n) is 1.17. The lowest BCUT2D eigenvalue weighted by Crippen LogP contribution is -2.03. The molecule has 6 nitrogen and oxygen atoms in total. The predicted molar refractivity (Wildman–Crippen MR) is 58.3 cm³/mol. The Balaban J connectivity index is 2.36. The highest BCUT2D eigenvalue weighted by Gasteiger charge is 2.14. The highest BCUT2D eigenvalue weighted by atomic mass is 32.2. The molecule has 1 aromatic heterocycles. The number of carbonyl (C=O) groups is 1. The molecule has 0 bridgehead atoms. The Hall–Kier alpha value is -2.09. The van der Waals surface area contributed by atoms with E-state index in [0.717, 1.165) is 23.9 Å². The summed E-state index contributed by atoms with van der Waals surface area (Å²) in [5.41, 5.74) is 5.35. The molecule has 0 saturated carbocycles. The average Bonchev–Trinajstić information content (AvgIpc) is 2.75. The number of nitrogens with one attached hydrogen (secondary N) is 1. The van der Waals surface area contributed by atoms with Gasteiger partial charge in [0.15, 0.2) is 5.16 Å². The number of rotatable bonds is 3. The predicted octanol–water partition coefficient (Wildman–Crippen LogP) is 1.38. The van der Waals surface area contributed by atoms with Gasteiger partial charge in [0.25, 0.3) is 0 Å². The van der Waals surface area contributed by atoms with E-state index in [1.807, 2.05) is 0 Å². The van der Waals surface area contributed by atoms with Crippen LogP contribution in [0, 0.1) is 5.82 Å². The number of halogens is 1. The molecule has 0 aliphatic rings. The summed E-state index contributed by atoms with van der Waals surface area (Å²) in [6.07, 6.45) is 1.31. The Kier molecular flexibility index (Phi) is 2.96. The van der Waals surface area contributed by atoms with Crippen LogP contribution in [-0.4, -0.2) is 26.3 Å². The van der Waals surface area contributed by atoms with Crippen molar-refractivity contribution in [2.75, 3.05) is 5.73 Å². The van der Waals surface area contributed by atoms with Crippen molar-refractivity contribution in [3.8, 4) is 0 Å². The minimum atomic E-state index is -1.36. The van der Waals surface area contributed by atoms with Gasteiger partial charge < -0.3 is 10.8 Å². The van der Waals surface area contributed by atoms with Gasteiger partial charge in [-0.3, -0.25) is 5.10 Å².